The van der Waals surface area contributed by atoms with Gasteiger partial charge in [-0.05, 0) is 17.2 Å². The van der Waals surface area contributed by atoms with E-state index in [0.29, 0.717) is 16.7 Å². The molecule has 1 aromatic carbocycles. The van der Waals surface area contributed by atoms with Gasteiger partial charge in [-0.25, -0.2) is 0 Å². The standard InChI is InChI=1S/C14H11N3O3/c15-14(18)12-6-11(8-16-9-12)5-4-10-2-1-3-13(7-10)17(19)20/h1-9H,(H2,15,18). The van der Waals surface area contributed by atoms with Gasteiger partial charge in [-0.15, -0.1) is 0 Å². The molecular formula is C14H11N3O3. The first kappa shape index (κ1) is 13.4. The van der Waals surface area contributed by atoms with Crippen LogP contribution in [0.4, 0.5) is 5.69 Å². The summed E-state index contributed by atoms with van der Waals surface area (Å²) in [6.45, 7) is 0. The molecule has 0 bridgehead atoms. The van der Waals surface area contributed by atoms with Crippen molar-refractivity contribution in [2.75, 3.05) is 0 Å². The molecule has 0 aliphatic carbocycles. The van der Waals surface area contributed by atoms with Gasteiger partial charge >= 0.3 is 0 Å². The number of nitrogens with zero attached hydrogens (tertiary/aromatic N) is 2. The molecular weight excluding hydrogens is 258 g/mol. The highest BCUT2D eigenvalue weighted by Crippen LogP contribution is 2.15. The molecule has 20 heavy (non-hydrogen) atoms. The number of nitro groups is 1. The number of hydrogen-bond donors (Lipinski definition) is 1. The summed E-state index contributed by atoms with van der Waals surface area (Å²) in [7, 11) is 0. The van der Waals surface area contributed by atoms with E-state index < -0.39 is 10.8 Å². The van der Waals surface area contributed by atoms with Crippen LogP contribution in [0.25, 0.3) is 12.2 Å². The van der Waals surface area contributed by atoms with Gasteiger partial charge < -0.3 is 5.73 Å². The van der Waals surface area contributed by atoms with E-state index >= 15 is 0 Å². The maximum atomic E-state index is 11.0. The Morgan fingerprint density at radius 3 is 2.65 bits per heavy atom. The lowest BCUT2D eigenvalue weighted by molar-refractivity contribution is -0.384. The van der Waals surface area contributed by atoms with E-state index in [4.69, 9.17) is 5.73 Å². The Bertz CT molecular complexity index is 636. The van der Waals surface area contributed by atoms with Crippen LogP contribution in [0.1, 0.15) is 21.5 Å². The predicted octanol–water partition coefficient (Wildman–Crippen LogP) is 2.26. The van der Waals surface area contributed by atoms with E-state index in [9.17, 15) is 14.9 Å². The smallest absolute Gasteiger partial charge is 0.270 e. The Labute approximate surface area is 114 Å². The lowest BCUT2D eigenvalue weighted by Crippen LogP contribution is -2.11. The average molecular weight is 269 g/mol. The quantitative estimate of drug-likeness (QED) is 0.679. The molecule has 100 valence electrons. The third-order valence-electron chi connectivity index (χ3n) is 2.59. The molecule has 1 amide bonds. The van der Waals surface area contributed by atoms with Gasteiger partial charge in [0.05, 0.1) is 10.5 Å². The number of carbonyl (C=O) groups is 1. The van der Waals surface area contributed by atoms with Crippen molar-refractivity contribution in [3.63, 3.8) is 0 Å². The first-order valence-corrected chi connectivity index (χ1v) is 5.73. The zero-order valence-electron chi connectivity index (χ0n) is 10.4. The minimum Gasteiger partial charge on any atom is -0.366 e. The van der Waals surface area contributed by atoms with Crippen LogP contribution in [-0.2, 0) is 0 Å². The van der Waals surface area contributed by atoms with Gasteiger partial charge in [-0.3, -0.25) is 19.9 Å². The molecule has 6 nitrogen and oxygen atoms in total. The number of carbonyl (C=O) groups excluding carboxylic acids is 1. The summed E-state index contributed by atoms with van der Waals surface area (Å²) < 4.78 is 0. The third-order valence-corrected chi connectivity index (χ3v) is 2.59. The Balaban J connectivity index is 2.25. The number of non-ortho nitro benzene ring substituents is 1. The van der Waals surface area contributed by atoms with Gasteiger partial charge in [0.15, 0.2) is 0 Å². The molecule has 6 heteroatoms. The number of amides is 1. The average Bonchev–Trinajstić information content (AvgIpc) is 2.45. The van der Waals surface area contributed by atoms with Gasteiger partial charge in [0.1, 0.15) is 0 Å². The molecule has 0 radical (unpaired) electrons. The predicted molar refractivity (Wildman–Crippen MR) is 74.8 cm³/mol. The summed E-state index contributed by atoms with van der Waals surface area (Å²) in [4.78, 5) is 25.1. The maximum Gasteiger partial charge on any atom is 0.270 e. The molecule has 1 heterocycles. The van der Waals surface area contributed by atoms with E-state index in [-0.39, 0.29) is 5.69 Å². The third kappa shape index (κ3) is 3.26. The fourth-order valence-corrected chi connectivity index (χ4v) is 1.62. The van der Waals surface area contributed by atoms with Crippen molar-refractivity contribution >= 4 is 23.7 Å². The molecule has 0 aliphatic rings. The number of primary amides is 1. The van der Waals surface area contributed by atoms with E-state index in [1.165, 1.54) is 18.3 Å². The van der Waals surface area contributed by atoms with Crippen molar-refractivity contribution in [1.82, 2.24) is 4.98 Å². The van der Waals surface area contributed by atoms with Crippen molar-refractivity contribution in [3.8, 4) is 0 Å². The summed E-state index contributed by atoms with van der Waals surface area (Å²) >= 11 is 0. The Morgan fingerprint density at radius 1 is 1.20 bits per heavy atom. The second-order valence-corrected chi connectivity index (χ2v) is 4.06. The fourth-order valence-electron chi connectivity index (χ4n) is 1.62. The minimum atomic E-state index is -0.553. The van der Waals surface area contributed by atoms with Crippen LogP contribution in [0.3, 0.4) is 0 Å². The summed E-state index contributed by atoms with van der Waals surface area (Å²) in [5.41, 5.74) is 6.87. The Kier molecular flexibility index (Phi) is 3.85. The summed E-state index contributed by atoms with van der Waals surface area (Å²) in [6.07, 6.45) is 6.36. The molecule has 0 aliphatic heterocycles. The van der Waals surface area contributed by atoms with Crippen molar-refractivity contribution in [1.29, 1.82) is 0 Å². The topological polar surface area (TPSA) is 99.1 Å². The minimum absolute atomic E-state index is 0.0242. The van der Waals surface area contributed by atoms with E-state index in [2.05, 4.69) is 4.98 Å². The highest BCUT2D eigenvalue weighted by Gasteiger charge is 2.04. The molecule has 0 atom stereocenters. The largest absolute Gasteiger partial charge is 0.366 e. The highest BCUT2D eigenvalue weighted by atomic mass is 16.6. The summed E-state index contributed by atoms with van der Waals surface area (Å²) in [5.74, 6) is -0.553. The molecule has 0 unspecified atom stereocenters. The van der Waals surface area contributed by atoms with Crippen LogP contribution in [0.5, 0.6) is 0 Å². The Hall–Kier alpha value is -3.02. The van der Waals surface area contributed by atoms with Crippen LogP contribution in [0, 0.1) is 10.1 Å². The maximum absolute atomic E-state index is 11.0. The molecule has 0 saturated carbocycles. The number of nitrogens with two attached hydrogens (primary N) is 1. The van der Waals surface area contributed by atoms with Crippen LogP contribution >= 0.6 is 0 Å². The number of nitro benzene ring substituents is 1. The Morgan fingerprint density at radius 2 is 1.95 bits per heavy atom. The van der Waals surface area contributed by atoms with Crippen molar-refractivity contribution < 1.29 is 9.72 Å². The zero-order chi connectivity index (χ0) is 14.5. The van der Waals surface area contributed by atoms with Crippen molar-refractivity contribution in [2.45, 2.75) is 0 Å². The van der Waals surface area contributed by atoms with Gasteiger partial charge in [0, 0.05) is 24.5 Å². The molecule has 2 rings (SSSR count). The zero-order valence-corrected chi connectivity index (χ0v) is 10.4. The van der Waals surface area contributed by atoms with E-state index in [1.807, 2.05) is 0 Å². The van der Waals surface area contributed by atoms with Crippen molar-refractivity contribution in [2.24, 2.45) is 5.73 Å². The van der Waals surface area contributed by atoms with Crippen LogP contribution in [-0.4, -0.2) is 15.8 Å². The number of hydrogen-bond acceptors (Lipinski definition) is 4. The molecule has 0 fully saturated rings. The van der Waals surface area contributed by atoms with Gasteiger partial charge in [-0.2, -0.15) is 0 Å². The normalized spacial score (nSPS) is 10.6. The SMILES string of the molecule is NC(=O)c1cncc(C=Cc2cccc([N+](=O)[O-])c2)c1. The lowest BCUT2D eigenvalue weighted by Gasteiger charge is -1.97. The summed E-state index contributed by atoms with van der Waals surface area (Å²) in [5, 5.41) is 10.7. The van der Waals surface area contributed by atoms with Crippen LogP contribution in [0.15, 0.2) is 42.7 Å². The molecule has 1 aromatic heterocycles. The number of aromatic nitrogens is 1. The first-order chi connectivity index (χ1) is 9.56. The lowest BCUT2D eigenvalue weighted by atomic mass is 10.1. The highest BCUT2D eigenvalue weighted by molar-refractivity contribution is 5.93. The molecule has 0 spiro atoms. The first-order valence-electron chi connectivity index (χ1n) is 5.73. The van der Waals surface area contributed by atoms with Crippen molar-refractivity contribution in [3.05, 3.63) is 69.5 Å². The second kappa shape index (κ2) is 5.75. The molecule has 2 N–H and O–H groups in total. The molecule has 0 saturated heterocycles. The molecule has 2 aromatic rings. The van der Waals surface area contributed by atoms with Crippen LogP contribution in [0.2, 0.25) is 0 Å². The fraction of sp³-hybridized carbons (Fsp3) is 0. The van der Waals surface area contributed by atoms with Gasteiger partial charge in [0.25, 0.3) is 5.69 Å². The van der Waals surface area contributed by atoms with Gasteiger partial charge in [0.2, 0.25) is 5.91 Å². The van der Waals surface area contributed by atoms with E-state index in [1.54, 1.807) is 36.5 Å². The van der Waals surface area contributed by atoms with E-state index in [0.717, 1.165) is 0 Å². The number of benzene rings is 1. The summed E-state index contributed by atoms with van der Waals surface area (Å²) in [6, 6.07) is 7.84. The number of rotatable bonds is 4. The monoisotopic (exact) mass is 269 g/mol. The van der Waals surface area contributed by atoms with Crippen LogP contribution < -0.4 is 5.73 Å². The second-order valence-electron chi connectivity index (χ2n) is 4.06. The van der Waals surface area contributed by atoms with Gasteiger partial charge in [-0.1, -0.05) is 24.3 Å². The number of pyridine rings is 1.